The van der Waals surface area contributed by atoms with Crippen molar-refractivity contribution in [1.82, 2.24) is 0 Å². The number of ketones is 1. The normalized spacial score (nSPS) is 10.5. The summed E-state index contributed by atoms with van der Waals surface area (Å²) in [4.78, 5) is 11.1. The maximum atomic E-state index is 12.6. The third-order valence-electron chi connectivity index (χ3n) is 1.94. The maximum Gasteiger partial charge on any atom is 0.268 e. The van der Waals surface area contributed by atoms with Crippen LogP contribution in [0.15, 0.2) is 12.1 Å². The molecule has 5 heteroatoms. The molecule has 0 fully saturated rings. The molecular formula is C10H9F2IO2. The molecule has 0 saturated carbocycles. The molecule has 0 unspecified atom stereocenters. The Bertz CT molecular complexity index is 391. The van der Waals surface area contributed by atoms with E-state index in [1.54, 1.807) is 22.6 Å². The SMILES string of the molecule is COc1cc(C(C)=O)cc(I)c1C(F)F. The Morgan fingerprint density at radius 1 is 1.47 bits per heavy atom. The molecule has 0 atom stereocenters. The molecule has 0 radical (unpaired) electrons. The van der Waals surface area contributed by atoms with Crippen LogP contribution in [-0.4, -0.2) is 12.9 Å². The minimum Gasteiger partial charge on any atom is -0.496 e. The molecule has 0 amide bonds. The highest BCUT2D eigenvalue weighted by Crippen LogP contribution is 2.34. The van der Waals surface area contributed by atoms with Gasteiger partial charge in [0, 0.05) is 9.13 Å². The average Bonchev–Trinajstić information content (AvgIpc) is 2.15. The molecule has 1 aromatic carbocycles. The number of alkyl halides is 2. The van der Waals surface area contributed by atoms with E-state index in [0.717, 1.165) is 0 Å². The standard InChI is InChI=1S/C10H9F2IO2/c1-5(14)6-3-7(13)9(10(11)12)8(4-6)15-2/h3-4,10H,1-2H3. The van der Waals surface area contributed by atoms with Crippen molar-refractivity contribution in [3.8, 4) is 5.75 Å². The summed E-state index contributed by atoms with van der Waals surface area (Å²) in [5.74, 6) is -0.117. The first-order valence-electron chi connectivity index (χ1n) is 4.14. The van der Waals surface area contributed by atoms with Crippen molar-refractivity contribution >= 4 is 28.4 Å². The molecule has 0 aliphatic rings. The third-order valence-corrected chi connectivity index (χ3v) is 2.83. The largest absolute Gasteiger partial charge is 0.496 e. The minimum absolute atomic E-state index is 0.0575. The van der Waals surface area contributed by atoms with Crippen LogP contribution in [0, 0.1) is 3.57 Å². The molecule has 0 heterocycles. The van der Waals surface area contributed by atoms with Crippen molar-refractivity contribution in [2.75, 3.05) is 7.11 Å². The Morgan fingerprint density at radius 2 is 2.07 bits per heavy atom. The molecule has 0 spiro atoms. The summed E-state index contributed by atoms with van der Waals surface area (Å²) >= 11 is 1.77. The molecule has 1 aromatic rings. The van der Waals surface area contributed by atoms with E-state index in [4.69, 9.17) is 4.74 Å². The molecule has 0 aromatic heterocycles. The van der Waals surface area contributed by atoms with E-state index < -0.39 is 6.43 Å². The van der Waals surface area contributed by atoms with E-state index in [1.807, 2.05) is 0 Å². The number of Topliss-reactive ketones (excluding diaryl/α,β-unsaturated/α-hetero) is 1. The van der Waals surface area contributed by atoms with Gasteiger partial charge in [-0.1, -0.05) is 0 Å². The van der Waals surface area contributed by atoms with Gasteiger partial charge in [-0.25, -0.2) is 8.78 Å². The molecule has 0 saturated heterocycles. The smallest absolute Gasteiger partial charge is 0.268 e. The second-order valence-corrected chi connectivity index (χ2v) is 4.09. The van der Waals surface area contributed by atoms with E-state index >= 15 is 0 Å². The Kier molecular flexibility index (Phi) is 4.01. The quantitative estimate of drug-likeness (QED) is 0.628. The first-order valence-corrected chi connectivity index (χ1v) is 5.21. The Morgan fingerprint density at radius 3 is 2.47 bits per heavy atom. The number of ether oxygens (including phenoxy) is 1. The highest BCUT2D eigenvalue weighted by Gasteiger charge is 2.19. The summed E-state index contributed by atoms with van der Waals surface area (Å²) in [5.41, 5.74) is 0.212. The van der Waals surface area contributed by atoms with Crippen molar-refractivity contribution < 1.29 is 18.3 Å². The van der Waals surface area contributed by atoms with Crippen molar-refractivity contribution in [3.05, 3.63) is 26.8 Å². The van der Waals surface area contributed by atoms with Gasteiger partial charge in [-0.05, 0) is 41.6 Å². The lowest BCUT2D eigenvalue weighted by Gasteiger charge is -2.11. The number of carbonyl (C=O) groups excluding carboxylic acids is 1. The fraction of sp³-hybridized carbons (Fsp3) is 0.300. The van der Waals surface area contributed by atoms with Gasteiger partial charge in [0.25, 0.3) is 6.43 Å². The van der Waals surface area contributed by atoms with E-state index in [2.05, 4.69) is 0 Å². The van der Waals surface area contributed by atoms with Gasteiger partial charge in [0.2, 0.25) is 0 Å². The molecule has 15 heavy (non-hydrogen) atoms. The Hall–Kier alpha value is -0.720. The van der Waals surface area contributed by atoms with Crippen LogP contribution in [0.5, 0.6) is 5.75 Å². The van der Waals surface area contributed by atoms with Crippen molar-refractivity contribution in [2.24, 2.45) is 0 Å². The molecule has 1 rings (SSSR count). The van der Waals surface area contributed by atoms with E-state index in [9.17, 15) is 13.6 Å². The summed E-state index contributed by atoms with van der Waals surface area (Å²) in [6.45, 7) is 1.38. The number of benzene rings is 1. The molecule has 0 N–H and O–H groups in total. The number of methoxy groups -OCH3 is 1. The number of carbonyl (C=O) groups is 1. The molecule has 0 aliphatic heterocycles. The van der Waals surface area contributed by atoms with Crippen molar-refractivity contribution in [3.63, 3.8) is 0 Å². The fourth-order valence-corrected chi connectivity index (χ4v) is 2.01. The van der Waals surface area contributed by atoms with Crippen molar-refractivity contribution in [2.45, 2.75) is 13.3 Å². The van der Waals surface area contributed by atoms with Crippen molar-refractivity contribution in [1.29, 1.82) is 0 Å². The van der Waals surface area contributed by atoms with Crippen LogP contribution in [0.1, 0.15) is 29.3 Å². The number of hydrogen-bond donors (Lipinski definition) is 0. The summed E-state index contributed by atoms with van der Waals surface area (Å²) < 4.78 is 30.5. The van der Waals surface area contributed by atoms with Crippen LogP contribution >= 0.6 is 22.6 Å². The molecular weight excluding hydrogens is 317 g/mol. The van der Waals surface area contributed by atoms with Gasteiger partial charge in [0.1, 0.15) is 5.75 Å². The molecule has 0 aliphatic carbocycles. The highest BCUT2D eigenvalue weighted by atomic mass is 127. The van der Waals surface area contributed by atoms with E-state index in [-0.39, 0.29) is 17.1 Å². The van der Waals surface area contributed by atoms with Gasteiger partial charge in [-0.2, -0.15) is 0 Å². The highest BCUT2D eigenvalue weighted by molar-refractivity contribution is 14.1. The van der Waals surface area contributed by atoms with E-state index in [1.165, 1.54) is 26.2 Å². The van der Waals surface area contributed by atoms with Crippen LogP contribution < -0.4 is 4.74 Å². The lowest BCUT2D eigenvalue weighted by atomic mass is 10.1. The predicted octanol–water partition coefficient (Wildman–Crippen LogP) is 3.44. The summed E-state index contributed by atoms with van der Waals surface area (Å²) in [7, 11) is 1.31. The van der Waals surface area contributed by atoms with Gasteiger partial charge >= 0.3 is 0 Å². The van der Waals surface area contributed by atoms with Gasteiger partial charge in [-0.3, -0.25) is 4.79 Å². The van der Waals surface area contributed by atoms with Crippen LogP contribution in [0.25, 0.3) is 0 Å². The fourth-order valence-electron chi connectivity index (χ4n) is 1.18. The molecule has 82 valence electrons. The van der Waals surface area contributed by atoms with Crippen LogP contribution in [-0.2, 0) is 0 Å². The molecule has 0 bridgehead atoms. The topological polar surface area (TPSA) is 26.3 Å². The summed E-state index contributed by atoms with van der Waals surface area (Å²) in [5, 5.41) is 0. The first-order chi connectivity index (χ1) is 6.97. The zero-order valence-electron chi connectivity index (χ0n) is 8.18. The summed E-state index contributed by atoms with van der Waals surface area (Å²) in [6, 6.07) is 2.78. The lowest BCUT2D eigenvalue weighted by molar-refractivity contribution is 0.101. The Labute approximate surface area is 99.8 Å². The minimum atomic E-state index is -2.60. The van der Waals surface area contributed by atoms with E-state index in [0.29, 0.717) is 9.13 Å². The average molecular weight is 326 g/mol. The maximum absolute atomic E-state index is 12.6. The van der Waals surface area contributed by atoms with Crippen LogP contribution in [0.2, 0.25) is 0 Å². The first kappa shape index (κ1) is 12.4. The summed E-state index contributed by atoms with van der Waals surface area (Å²) in [6.07, 6.45) is -2.60. The molecule has 2 nitrogen and oxygen atoms in total. The number of halogens is 3. The van der Waals surface area contributed by atoms with Crippen LogP contribution in [0.3, 0.4) is 0 Å². The zero-order valence-corrected chi connectivity index (χ0v) is 10.3. The number of rotatable bonds is 3. The second-order valence-electron chi connectivity index (χ2n) is 2.93. The second kappa shape index (κ2) is 4.87. The van der Waals surface area contributed by atoms with Crippen LogP contribution in [0.4, 0.5) is 8.78 Å². The van der Waals surface area contributed by atoms with Gasteiger partial charge < -0.3 is 4.74 Å². The monoisotopic (exact) mass is 326 g/mol. The third kappa shape index (κ3) is 2.64. The van der Waals surface area contributed by atoms with Gasteiger partial charge in [0.05, 0.1) is 12.7 Å². The Balaban J connectivity index is 3.37. The van der Waals surface area contributed by atoms with Gasteiger partial charge in [0.15, 0.2) is 5.78 Å². The predicted molar refractivity (Wildman–Crippen MR) is 60.7 cm³/mol. The lowest BCUT2D eigenvalue weighted by Crippen LogP contribution is -2.01. The zero-order chi connectivity index (χ0) is 11.6. The van der Waals surface area contributed by atoms with Gasteiger partial charge in [-0.15, -0.1) is 0 Å². The number of hydrogen-bond acceptors (Lipinski definition) is 2.